The molecule has 3 aromatic rings. The zero-order valence-electron chi connectivity index (χ0n) is 16.9. The summed E-state index contributed by atoms with van der Waals surface area (Å²) in [7, 11) is 0. The molecular formula is C22H24Cl2N6. The number of hydrogen-bond acceptors (Lipinski definition) is 6. The van der Waals surface area contributed by atoms with E-state index in [4.69, 9.17) is 33.2 Å². The van der Waals surface area contributed by atoms with Crippen molar-refractivity contribution in [3.8, 4) is 0 Å². The quantitative estimate of drug-likeness (QED) is 0.474. The molecule has 30 heavy (non-hydrogen) atoms. The van der Waals surface area contributed by atoms with E-state index in [9.17, 15) is 0 Å². The van der Waals surface area contributed by atoms with Crippen molar-refractivity contribution in [2.24, 2.45) is 0 Å². The molecule has 1 aromatic heterocycles. The summed E-state index contributed by atoms with van der Waals surface area (Å²) in [5, 5.41) is 7.79. The van der Waals surface area contributed by atoms with Crippen LogP contribution in [0.2, 0.25) is 10.0 Å². The number of anilines is 5. The predicted molar refractivity (Wildman–Crippen MR) is 125 cm³/mol. The molecule has 0 spiro atoms. The van der Waals surface area contributed by atoms with Crippen LogP contribution in [0, 0.1) is 0 Å². The van der Waals surface area contributed by atoms with Crippen LogP contribution in [0.1, 0.15) is 33.1 Å². The van der Waals surface area contributed by atoms with Gasteiger partial charge in [-0.25, -0.2) is 0 Å². The molecule has 0 saturated carbocycles. The average molecular weight is 443 g/mol. The molecule has 6 nitrogen and oxygen atoms in total. The van der Waals surface area contributed by atoms with Crippen molar-refractivity contribution in [2.75, 3.05) is 15.5 Å². The number of piperidine rings is 1. The molecule has 4 rings (SSSR count). The molecule has 1 aliphatic rings. The Morgan fingerprint density at radius 1 is 0.800 bits per heavy atom. The third-order valence-corrected chi connectivity index (χ3v) is 5.68. The van der Waals surface area contributed by atoms with Crippen LogP contribution in [0.15, 0.2) is 48.5 Å². The van der Waals surface area contributed by atoms with Crippen molar-refractivity contribution in [1.29, 1.82) is 0 Å². The van der Waals surface area contributed by atoms with Gasteiger partial charge in [0.25, 0.3) is 0 Å². The van der Waals surface area contributed by atoms with Gasteiger partial charge < -0.3 is 15.5 Å². The Morgan fingerprint density at radius 3 is 1.77 bits per heavy atom. The highest BCUT2D eigenvalue weighted by Crippen LogP contribution is 2.29. The lowest BCUT2D eigenvalue weighted by molar-refractivity contribution is 0.407. The summed E-state index contributed by atoms with van der Waals surface area (Å²) in [5.74, 6) is 1.56. The van der Waals surface area contributed by atoms with Crippen LogP contribution in [0.25, 0.3) is 0 Å². The van der Waals surface area contributed by atoms with Gasteiger partial charge in [0.05, 0.1) is 0 Å². The van der Waals surface area contributed by atoms with Crippen molar-refractivity contribution in [2.45, 2.75) is 45.2 Å². The lowest BCUT2D eigenvalue weighted by Gasteiger charge is -2.39. The molecule has 0 radical (unpaired) electrons. The summed E-state index contributed by atoms with van der Waals surface area (Å²) in [6, 6.07) is 15.6. The Hall–Kier alpha value is -2.57. The molecule has 0 amide bonds. The molecular weight excluding hydrogens is 419 g/mol. The fourth-order valence-corrected chi connectivity index (χ4v) is 4.18. The molecule has 2 atom stereocenters. The number of nitrogens with zero attached hydrogens (tertiary/aromatic N) is 4. The van der Waals surface area contributed by atoms with Gasteiger partial charge in [0, 0.05) is 33.5 Å². The van der Waals surface area contributed by atoms with Gasteiger partial charge in [-0.15, -0.1) is 0 Å². The number of halogens is 2. The fourth-order valence-electron chi connectivity index (χ4n) is 3.80. The smallest absolute Gasteiger partial charge is 0.233 e. The Morgan fingerprint density at radius 2 is 1.30 bits per heavy atom. The first-order valence-electron chi connectivity index (χ1n) is 10.1. The molecule has 1 saturated heterocycles. The van der Waals surface area contributed by atoms with E-state index in [0.29, 0.717) is 40.0 Å². The summed E-state index contributed by atoms with van der Waals surface area (Å²) in [4.78, 5) is 16.3. The maximum absolute atomic E-state index is 6.13. The van der Waals surface area contributed by atoms with Crippen LogP contribution in [-0.2, 0) is 0 Å². The van der Waals surface area contributed by atoms with Crippen molar-refractivity contribution in [1.82, 2.24) is 15.0 Å². The zero-order chi connectivity index (χ0) is 21.1. The highest BCUT2D eigenvalue weighted by molar-refractivity contribution is 6.31. The van der Waals surface area contributed by atoms with Crippen LogP contribution < -0.4 is 15.5 Å². The van der Waals surface area contributed by atoms with E-state index in [1.807, 2.05) is 48.5 Å². The van der Waals surface area contributed by atoms with Crippen LogP contribution in [0.5, 0.6) is 0 Å². The monoisotopic (exact) mass is 442 g/mol. The summed E-state index contributed by atoms with van der Waals surface area (Å²) in [6.07, 6.45) is 3.44. The first-order chi connectivity index (χ1) is 14.5. The van der Waals surface area contributed by atoms with Crippen molar-refractivity contribution < 1.29 is 0 Å². The zero-order valence-corrected chi connectivity index (χ0v) is 18.5. The number of hydrogen-bond donors (Lipinski definition) is 2. The second-order valence-corrected chi connectivity index (χ2v) is 8.46. The third kappa shape index (κ3) is 4.94. The van der Waals surface area contributed by atoms with Crippen LogP contribution in [-0.4, -0.2) is 27.0 Å². The van der Waals surface area contributed by atoms with Gasteiger partial charge in [-0.2, -0.15) is 15.0 Å². The van der Waals surface area contributed by atoms with Crippen LogP contribution >= 0.6 is 23.2 Å². The summed E-state index contributed by atoms with van der Waals surface area (Å²) < 4.78 is 0. The van der Waals surface area contributed by atoms with Gasteiger partial charge in [-0.3, -0.25) is 0 Å². The highest BCUT2D eigenvalue weighted by Gasteiger charge is 2.28. The Bertz CT molecular complexity index is 952. The van der Waals surface area contributed by atoms with Gasteiger partial charge in [-0.1, -0.05) is 35.3 Å². The Labute approximate surface area is 186 Å². The van der Waals surface area contributed by atoms with E-state index in [-0.39, 0.29) is 0 Å². The van der Waals surface area contributed by atoms with Crippen molar-refractivity contribution in [3.05, 3.63) is 58.6 Å². The normalized spacial score (nSPS) is 18.9. The average Bonchev–Trinajstić information content (AvgIpc) is 2.68. The first-order valence-corrected chi connectivity index (χ1v) is 10.8. The summed E-state index contributed by atoms with van der Waals surface area (Å²) in [6.45, 7) is 4.43. The summed E-state index contributed by atoms with van der Waals surface area (Å²) in [5.41, 5.74) is 1.63. The highest BCUT2D eigenvalue weighted by atomic mass is 35.5. The lowest BCUT2D eigenvalue weighted by atomic mass is 9.98. The predicted octanol–water partition coefficient (Wildman–Crippen LogP) is 6.43. The topological polar surface area (TPSA) is 66.0 Å². The number of rotatable bonds is 5. The number of nitrogens with one attached hydrogen (secondary N) is 2. The van der Waals surface area contributed by atoms with E-state index in [1.54, 1.807) is 0 Å². The fraction of sp³-hybridized carbons (Fsp3) is 0.318. The van der Waals surface area contributed by atoms with Crippen LogP contribution in [0.4, 0.5) is 29.2 Å². The second-order valence-electron chi connectivity index (χ2n) is 7.59. The van der Waals surface area contributed by atoms with Crippen molar-refractivity contribution >= 4 is 52.4 Å². The molecule has 2 aromatic carbocycles. The van der Waals surface area contributed by atoms with Gasteiger partial charge in [0.2, 0.25) is 17.8 Å². The lowest BCUT2D eigenvalue weighted by Crippen LogP contribution is -2.45. The Balaban J connectivity index is 1.71. The molecule has 0 aliphatic carbocycles. The standard InChI is InChI=1S/C22H24Cl2N6/c1-14-6-3-7-15(2)30(14)22-28-20(25-18-10-4-8-16(23)12-18)27-21(29-22)26-19-11-5-9-17(24)13-19/h4-5,8-15H,3,6-7H2,1-2H3,(H2,25,26,27,28,29)/t14-,15-/m1/s1. The summed E-state index contributed by atoms with van der Waals surface area (Å²) >= 11 is 12.3. The second kappa shape index (κ2) is 9.06. The molecule has 8 heteroatoms. The molecule has 156 valence electrons. The molecule has 0 unspecified atom stereocenters. The SMILES string of the molecule is C[C@@H]1CCC[C@@H](C)N1c1nc(Nc2cccc(Cl)c2)nc(Nc2cccc(Cl)c2)n1. The van der Waals surface area contributed by atoms with E-state index in [1.165, 1.54) is 6.42 Å². The Kier molecular flexibility index (Phi) is 6.25. The molecule has 1 fully saturated rings. The van der Waals surface area contributed by atoms with Gasteiger partial charge >= 0.3 is 0 Å². The van der Waals surface area contributed by atoms with E-state index >= 15 is 0 Å². The maximum atomic E-state index is 6.13. The molecule has 0 bridgehead atoms. The molecule has 2 heterocycles. The minimum Gasteiger partial charge on any atom is -0.335 e. The maximum Gasteiger partial charge on any atom is 0.233 e. The van der Waals surface area contributed by atoms with Crippen LogP contribution in [0.3, 0.4) is 0 Å². The number of aromatic nitrogens is 3. The first kappa shape index (κ1) is 20.7. The van der Waals surface area contributed by atoms with E-state index in [2.05, 4.69) is 34.4 Å². The van der Waals surface area contributed by atoms with Crippen molar-refractivity contribution in [3.63, 3.8) is 0 Å². The van der Waals surface area contributed by atoms with Gasteiger partial charge in [0.1, 0.15) is 0 Å². The largest absolute Gasteiger partial charge is 0.335 e. The third-order valence-electron chi connectivity index (χ3n) is 5.21. The van der Waals surface area contributed by atoms with Gasteiger partial charge in [-0.05, 0) is 69.5 Å². The minimum atomic E-state index is 0.356. The minimum absolute atomic E-state index is 0.356. The van der Waals surface area contributed by atoms with E-state index in [0.717, 1.165) is 24.2 Å². The van der Waals surface area contributed by atoms with E-state index < -0.39 is 0 Å². The number of benzene rings is 2. The molecule has 1 aliphatic heterocycles. The van der Waals surface area contributed by atoms with Gasteiger partial charge in [0.15, 0.2) is 0 Å². The molecule has 2 N–H and O–H groups in total.